The van der Waals surface area contributed by atoms with Crippen LogP contribution in [0.4, 0.5) is 0 Å². The molecule has 0 aromatic rings. The molecule has 23 heavy (non-hydrogen) atoms. The molecule has 11 nitrogen and oxygen atoms in total. The largest absolute Gasteiger partial charge is 0.343 e. The Morgan fingerprint density at radius 3 is 2.48 bits per heavy atom. The SMILES string of the molecule is CC(=O)NNC(=O)C1C(C)C(NOO)CC2NC(=O)C(=O)NC21. The summed E-state index contributed by atoms with van der Waals surface area (Å²) >= 11 is 0. The quantitative estimate of drug-likeness (QED) is 0.185. The highest BCUT2D eigenvalue weighted by molar-refractivity contribution is 6.35. The molecule has 5 unspecified atom stereocenters. The van der Waals surface area contributed by atoms with Gasteiger partial charge in [0.05, 0.1) is 18.0 Å². The van der Waals surface area contributed by atoms with Crippen molar-refractivity contribution >= 4 is 23.6 Å². The van der Waals surface area contributed by atoms with E-state index in [4.69, 9.17) is 5.26 Å². The lowest BCUT2D eigenvalue weighted by Gasteiger charge is -2.46. The zero-order valence-corrected chi connectivity index (χ0v) is 12.6. The summed E-state index contributed by atoms with van der Waals surface area (Å²) in [6, 6.07) is -1.61. The van der Waals surface area contributed by atoms with Gasteiger partial charge in [0.15, 0.2) is 0 Å². The second-order valence-electron chi connectivity index (χ2n) is 5.69. The molecule has 1 aliphatic carbocycles. The Morgan fingerprint density at radius 2 is 1.87 bits per heavy atom. The van der Waals surface area contributed by atoms with E-state index in [1.165, 1.54) is 6.92 Å². The first-order chi connectivity index (χ1) is 10.8. The van der Waals surface area contributed by atoms with E-state index < -0.39 is 47.7 Å². The van der Waals surface area contributed by atoms with E-state index in [1.54, 1.807) is 6.92 Å². The third kappa shape index (κ3) is 3.57. The molecule has 2 rings (SSSR count). The Balaban J connectivity index is 2.22. The van der Waals surface area contributed by atoms with Gasteiger partial charge in [-0.3, -0.25) is 30.0 Å². The lowest BCUT2D eigenvalue weighted by Crippen LogP contribution is -2.71. The number of carbonyl (C=O) groups excluding carboxylic acids is 4. The molecule has 11 heteroatoms. The van der Waals surface area contributed by atoms with Crippen molar-refractivity contribution in [3.63, 3.8) is 0 Å². The third-order valence-corrected chi connectivity index (χ3v) is 4.22. The molecule has 0 radical (unpaired) electrons. The van der Waals surface area contributed by atoms with Crippen molar-refractivity contribution in [3.8, 4) is 0 Å². The number of hydrazine groups is 1. The van der Waals surface area contributed by atoms with Crippen LogP contribution >= 0.6 is 0 Å². The molecular formula is C12H19N5O6. The molecule has 128 valence electrons. The average Bonchev–Trinajstić information content (AvgIpc) is 2.48. The van der Waals surface area contributed by atoms with Crippen LogP contribution in [0.5, 0.6) is 0 Å². The summed E-state index contributed by atoms with van der Waals surface area (Å²) in [6.07, 6.45) is 0.336. The van der Waals surface area contributed by atoms with Crippen LogP contribution in [0.1, 0.15) is 20.3 Å². The highest BCUT2D eigenvalue weighted by atomic mass is 17.2. The van der Waals surface area contributed by atoms with Gasteiger partial charge >= 0.3 is 11.8 Å². The fraction of sp³-hybridized carbons (Fsp3) is 0.667. The molecule has 1 saturated carbocycles. The fourth-order valence-electron chi connectivity index (χ4n) is 3.11. The predicted octanol–water partition coefficient (Wildman–Crippen LogP) is -2.84. The maximum Gasteiger partial charge on any atom is 0.309 e. The third-order valence-electron chi connectivity index (χ3n) is 4.22. The van der Waals surface area contributed by atoms with E-state index in [1.807, 2.05) is 0 Å². The number of rotatable bonds is 3. The van der Waals surface area contributed by atoms with E-state index >= 15 is 0 Å². The van der Waals surface area contributed by atoms with E-state index in [0.717, 1.165) is 0 Å². The van der Waals surface area contributed by atoms with E-state index in [0.29, 0.717) is 6.42 Å². The van der Waals surface area contributed by atoms with Gasteiger partial charge in [-0.1, -0.05) is 6.92 Å². The van der Waals surface area contributed by atoms with Gasteiger partial charge in [-0.05, 0) is 12.3 Å². The van der Waals surface area contributed by atoms with Crippen molar-refractivity contribution in [2.24, 2.45) is 11.8 Å². The minimum absolute atomic E-state index is 0.336. The molecule has 0 aromatic carbocycles. The molecule has 1 heterocycles. The van der Waals surface area contributed by atoms with E-state index in [2.05, 4.69) is 32.0 Å². The molecule has 4 amide bonds. The van der Waals surface area contributed by atoms with Gasteiger partial charge < -0.3 is 10.6 Å². The molecule has 2 fully saturated rings. The van der Waals surface area contributed by atoms with Crippen LogP contribution in [0, 0.1) is 11.8 Å². The van der Waals surface area contributed by atoms with Crippen molar-refractivity contribution < 1.29 is 29.4 Å². The van der Waals surface area contributed by atoms with Gasteiger partial charge in [0.2, 0.25) is 11.8 Å². The van der Waals surface area contributed by atoms with Crippen LogP contribution in [-0.4, -0.2) is 47.0 Å². The number of nitrogens with one attached hydrogen (secondary N) is 5. The summed E-state index contributed by atoms with van der Waals surface area (Å²) in [6.45, 7) is 2.97. The monoisotopic (exact) mass is 329 g/mol. The second-order valence-corrected chi connectivity index (χ2v) is 5.69. The Morgan fingerprint density at radius 1 is 1.22 bits per heavy atom. The average molecular weight is 329 g/mol. The molecular weight excluding hydrogens is 310 g/mol. The van der Waals surface area contributed by atoms with Crippen molar-refractivity contribution in [1.82, 2.24) is 27.0 Å². The summed E-state index contributed by atoms with van der Waals surface area (Å²) in [5.74, 6) is -3.72. The number of hydrogen-bond donors (Lipinski definition) is 6. The number of amides is 4. The van der Waals surface area contributed by atoms with Crippen LogP contribution in [0.25, 0.3) is 0 Å². The Bertz CT molecular complexity index is 526. The first kappa shape index (κ1) is 17.1. The second kappa shape index (κ2) is 6.89. The molecule has 0 spiro atoms. The molecule has 0 bridgehead atoms. The summed E-state index contributed by atoms with van der Waals surface area (Å²) in [7, 11) is 0. The maximum atomic E-state index is 12.4. The summed E-state index contributed by atoms with van der Waals surface area (Å²) in [5.41, 5.74) is 6.82. The lowest BCUT2D eigenvalue weighted by molar-refractivity contribution is -0.304. The van der Waals surface area contributed by atoms with Gasteiger partial charge in [-0.25, -0.2) is 5.26 Å². The van der Waals surface area contributed by atoms with Crippen LogP contribution in [0.15, 0.2) is 0 Å². The van der Waals surface area contributed by atoms with Crippen LogP contribution in [0.2, 0.25) is 0 Å². The standard InChI is InChI=1S/C12H19N5O6/c1-4-6(17-23-22)3-7-9(14-12(21)11(20)13-7)8(4)10(19)16-15-5(2)18/h4,6-9,17,22H,3H2,1-2H3,(H,13,20)(H,14,21)(H,15,18)(H,16,19). The zero-order valence-electron chi connectivity index (χ0n) is 12.6. The van der Waals surface area contributed by atoms with Crippen molar-refractivity contribution in [1.29, 1.82) is 0 Å². The van der Waals surface area contributed by atoms with Gasteiger partial charge in [-0.15, -0.1) is 4.99 Å². The number of carbonyl (C=O) groups is 4. The topological polar surface area (TPSA) is 158 Å². The Hall–Kier alpha value is -2.24. The Labute approximate surface area is 131 Å². The highest BCUT2D eigenvalue weighted by Gasteiger charge is 2.50. The first-order valence-corrected chi connectivity index (χ1v) is 7.09. The fourth-order valence-corrected chi connectivity index (χ4v) is 3.11. The molecule has 1 aliphatic heterocycles. The van der Waals surface area contributed by atoms with Crippen molar-refractivity contribution in [2.75, 3.05) is 0 Å². The Kier molecular flexibility index (Phi) is 5.13. The van der Waals surface area contributed by atoms with E-state index in [-0.39, 0.29) is 5.92 Å². The van der Waals surface area contributed by atoms with Crippen LogP contribution in [0.3, 0.4) is 0 Å². The summed E-state index contributed by atoms with van der Waals surface area (Å²) in [5, 5.41) is 13.7. The number of piperazine rings is 1. The van der Waals surface area contributed by atoms with Crippen LogP contribution < -0.4 is 27.0 Å². The lowest BCUT2D eigenvalue weighted by atomic mass is 9.70. The normalized spacial score (nSPS) is 33.1. The number of hydroxylamine groups is 1. The highest BCUT2D eigenvalue weighted by Crippen LogP contribution is 2.32. The number of fused-ring (bicyclic) bond motifs is 1. The van der Waals surface area contributed by atoms with Crippen molar-refractivity contribution in [2.45, 2.75) is 38.4 Å². The predicted molar refractivity (Wildman–Crippen MR) is 73.7 cm³/mol. The molecule has 2 aliphatic rings. The molecule has 0 aromatic heterocycles. The van der Waals surface area contributed by atoms with Gasteiger partial charge in [0.25, 0.3) is 0 Å². The van der Waals surface area contributed by atoms with Gasteiger partial charge in [0, 0.05) is 13.0 Å². The summed E-state index contributed by atoms with van der Waals surface area (Å²) < 4.78 is 0. The van der Waals surface area contributed by atoms with Crippen molar-refractivity contribution in [3.05, 3.63) is 0 Å². The van der Waals surface area contributed by atoms with Gasteiger partial charge in [0.1, 0.15) is 0 Å². The molecule has 5 atom stereocenters. The minimum Gasteiger partial charge on any atom is -0.343 e. The molecule has 6 N–H and O–H groups in total. The minimum atomic E-state index is -0.819. The number of hydrogen-bond acceptors (Lipinski definition) is 7. The summed E-state index contributed by atoms with van der Waals surface area (Å²) in [4.78, 5) is 50.4. The maximum absolute atomic E-state index is 12.4. The van der Waals surface area contributed by atoms with Crippen LogP contribution in [-0.2, 0) is 24.2 Å². The van der Waals surface area contributed by atoms with Gasteiger partial charge in [-0.2, -0.15) is 5.48 Å². The molecule has 1 saturated heterocycles. The first-order valence-electron chi connectivity index (χ1n) is 7.09. The van der Waals surface area contributed by atoms with E-state index in [9.17, 15) is 19.2 Å². The smallest absolute Gasteiger partial charge is 0.309 e. The zero-order chi connectivity index (χ0) is 17.1.